The van der Waals surface area contributed by atoms with Gasteiger partial charge >= 0.3 is 0 Å². The van der Waals surface area contributed by atoms with E-state index in [0.29, 0.717) is 5.56 Å². The van der Waals surface area contributed by atoms with Crippen molar-refractivity contribution in [2.24, 2.45) is 0 Å². The molecule has 0 aliphatic heterocycles. The zero-order valence-corrected chi connectivity index (χ0v) is 47.2. The summed E-state index contributed by atoms with van der Waals surface area (Å²) in [7, 11) is -1.34. The van der Waals surface area contributed by atoms with Crippen molar-refractivity contribution in [3.63, 3.8) is 0 Å². The number of furan rings is 1. The number of aryl methyl sites for hydroxylation is 1. The number of hydrogen-bond acceptors (Lipinski definition) is 4. The molecule has 12 rings (SSSR count). The number of fused-ring (bicyclic) bond motifs is 4. The largest absolute Gasteiger partial charge is 0.501 e. The average molecular weight is 1180 g/mol. The van der Waals surface area contributed by atoms with E-state index in [9.17, 15) is 0 Å². The number of nitrogens with zero attached hydrogens (tertiary/aromatic N) is 4. The molecule has 0 bridgehead atoms. The van der Waals surface area contributed by atoms with Crippen LogP contribution in [-0.4, -0.2) is 27.6 Å². The molecule has 0 N–H and O–H groups in total. The topological polar surface area (TPSA) is 56.7 Å². The smallest absolute Gasteiger partial charge is 0.155 e. The van der Waals surface area contributed by atoms with Crippen molar-refractivity contribution in [2.75, 3.05) is 0 Å². The fourth-order valence-electron chi connectivity index (χ4n) is 9.90. The molecule has 4 aromatic heterocycles. The van der Waals surface area contributed by atoms with Gasteiger partial charge in [-0.25, -0.2) is 4.98 Å². The monoisotopic (exact) mass is 1180 g/mol. The minimum atomic E-state index is -2.08. The van der Waals surface area contributed by atoms with E-state index in [-0.39, 0.29) is 31.9 Å². The Morgan fingerprint density at radius 2 is 1.14 bits per heavy atom. The Morgan fingerprint density at radius 3 is 1.71 bits per heavy atom. The number of hydrogen-bond donors (Lipinski definition) is 0. The molecular weight excluding hydrogens is 1120 g/mol. The summed E-state index contributed by atoms with van der Waals surface area (Å²) in [5.41, 5.74) is 18.7. The molecule has 377 valence electrons. The van der Waals surface area contributed by atoms with Crippen molar-refractivity contribution in [2.45, 2.75) is 66.0 Å². The summed E-state index contributed by atoms with van der Waals surface area (Å²) in [5, 5.41) is 3.39. The van der Waals surface area contributed by atoms with Gasteiger partial charge in [-0.1, -0.05) is 205 Å². The molecular formula is C69H60IrN4OSi-2. The van der Waals surface area contributed by atoms with Crippen molar-refractivity contribution in [3.05, 3.63) is 235 Å². The molecule has 0 saturated heterocycles. The second-order valence-corrected chi connectivity index (χ2v) is 26.0. The van der Waals surface area contributed by atoms with Gasteiger partial charge in [0.25, 0.3) is 0 Å². The third kappa shape index (κ3) is 10.4. The molecule has 5 nitrogen and oxygen atoms in total. The van der Waals surface area contributed by atoms with Gasteiger partial charge in [0.15, 0.2) is 5.65 Å². The Hall–Kier alpha value is -7.80. The first-order valence-corrected chi connectivity index (χ1v) is 29.3. The second-order valence-electron chi connectivity index (χ2n) is 20.9. The Morgan fingerprint density at radius 1 is 0.553 bits per heavy atom. The Labute approximate surface area is 466 Å². The first kappa shape index (κ1) is 47.9. The van der Waals surface area contributed by atoms with Crippen LogP contribution in [0.15, 0.2) is 211 Å². The van der Waals surface area contributed by atoms with E-state index >= 15 is 0 Å². The number of imidazole rings is 1. The molecule has 0 spiro atoms. The number of benzene rings is 8. The van der Waals surface area contributed by atoms with Gasteiger partial charge < -0.3 is 14.0 Å². The fraction of sp³-hybridized carbons (Fsp3) is 0.145. The molecule has 0 saturated carbocycles. The third-order valence-electron chi connectivity index (χ3n) is 14.0. The van der Waals surface area contributed by atoms with E-state index in [1.807, 2.05) is 36.7 Å². The van der Waals surface area contributed by atoms with Gasteiger partial charge in [0, 0.05) is 53.2 Å². The number of aromatic nitrogens is 4. The van der Waals surface area contributed by atoms with Crippen LogP contribution in [0.4, 0.5) is 0 Å². The zero-order chi connectivity index (χ0) is 54.3. The molecule has 0 amide bonds. The van der Waals surface area contributed by atoms with E-state index in [1.165, 1.54) is 44.6 Å². The van der Waals surface area contributed by atoms with Gasteiger partial charge in [-0.05, 0) is 97.1 Å². The van der Waals surface area contributed by atoms with E-state index in [0.717, 1.165) is 83.7 Å². The molecule has 4 heterocycles. The molecule has 0 fully saturated rings. The van der Waals surface area contributed by atoms with Crippen molar-refractivity contribution in [3.8, 4) is 72.8 Å². The second kappa shape index (κ2) is 21.8. The average Bonchev–Trinajstić information content (AvgIpc) is 4.18. The van der Waals surface area contributed by atoms with E-state index < -0.39 is 14.9 Å². The molecule has 8 aromatic carbocycles. The third-order valence-corrected chi connectivity index (χ3v) is 16.1. The van der Waals surface area contributed by atoms with Gasteiger partial charge in [0.2, 0.25) is 0 Å². The molecule has 0 aliphatic carbocycles. The van der Waals surface area contributed by atoms with Crippen molar-refractivity contribution in [1.82, 2.24) is 19.5 Å². The molecule has 1 radical (unpaired) electrons. The van der Waals surface area contributed by atoms with Crippen LogP contribution < -0.4 is 5.19 Å². The Balaban J connectivity index is 0.000000284. The summed E-state index contributed by atoms with van der Waals surface area (Å²) < 4.78 is 31.2. The van der Waals surface area contributed by atoms with Crippen LogP contribution >= 0.6 is 0 Å². The van der Waals surface area contributed by atoms with Crippen LogP contribution in [-0.2, 0) is 20.1 Å². The molecule has 0 atom stereocenters. The van der Waals surface area contributed by atoms with Gasteiger partial charge in [0.1, 0.15) is 5.58 Å². The summed E-state index contributed by atoms with van der Waals surface area (Å²) in [6.45, 7) is 13.9. The van der Waals surface area contributed by atoms with Gasteiger partial charge in [-0.2, -0.15) is 0 Å². The quantitative estimate of drug-likeness (QED) is 0.101. The standard InChI is InChI=1S/C54H42N3O.C15H18NSi.Ir/c1-34(2)47-29-42(37-17-10-6-11-18-37)30-48(35(3)4)51(47)57-53(56-49-31-43(33-55-54(49)57)38-19-12-7-13-20-38)46-22-14-21-45-44-28-27-41(32-50(44)58-52(45)46)40-25-23-39(24-26-40)36-15-8-5-9-16-36;1-12-5-7-13(8-6-12)15-10-9-14(11-16-15)17(2,3)4;/h5-21,23-35H,1-4H3;5-7,9-11H,1-4H3;/q2*-1;/i;1D3;. The van der Waals surface area contributed by atoms with Crippen LogP contribution in [0, 0.1) is 19.0 Å². The van der Waals surface area contributed by atoms with E-state index in [2.05, 4.69) is 221 Å². The van der Waals surface area contributed by atoms with Crippen molar-refractivity contribution < 1.29 is 28.6 Å². The maximum absolute atomic E-state index is 7.35. The molecule has 7 heteroatoms. The van der Waals surface area contributed by atoms with E-state index in [4.69, 9.17) is 18.5 Å². The van der Waals surface area contributed by atoms with Crippen LogP contribution in [0.1, 0.15) is 60.3 Å². The summed E-state index contributed by atoms with van der Waals surface area (Å²) in [5.74, 6) is 1.19. The summed E-state index contributed by atoms with van der Waals surface area (Å²) >= 11 is 0. The minimum absolute atomic E-state index is 0. The van der Waals surface area contributed by atoms with Crippen molar-refractivity contribution >= 4 is 46.4 Å². The SMILES string of the molecule is CC(C)c1cc(-c2ccccc2)cc(C(C)C)c1-n1c(-c2[c-]ccc3c2oc2cc(-c4ccc(-c5ccccc5)cc4)ccc23)nc2cc(-c3ccccc3)cnc21.[2H]C([2H])([2H])c1c[c-]c(-c2ccc([Si](C)(C)C)cn2)cc1.[Ir]. The Kier molecular flexibility index (Phi) is 13.7. The molecule has 0 unspecified atom stereocenters. The molecule has 76 heavy (non-hydrogen) atoms. The normalized spacial score (nSPS) is 12.3. The maximum atomic E-state index is 7.35. The van der Waals surface area contributed by atoms with Gasteiger partial charge in [0.05, 0.1) is 25.0 Å². The van der Waals surface area contributed by atoms with Crippen LogP contribution in [0.5, 0.6) is 0 Å². The first-order valence-electron chi connectivity index (χ1n) is 27.3. The molecule has 0 aliphatic rings. The van der Waals surface area contributed by atoms with Crippen LogP contribution in [0.3, 0.4) is 0 Å². The van der Waals surface area contributed by atoms with Gasteiger partial charge in [-0.15, -0.1) is 53.6 Å². The number of rotatable bonds is 10. The van der Waals surface area contributed by atoms with Crippen molar-refractivity contribution in [1.29, 1.82) is 0 Å². The predicted octanol–water partition coefficient (Wildman–Crippen LogP) is 18.1. The first-order chi connectivity index (χ1) is 37.6. The Bertz CT molecular complexity index is 3990. The summed E-state index contributed by atoms with van der Waals surface area (Å²) in [4.78, 5) is 15.1. The van der Waals surface area contributed by atoms with Gasteiger partial charge in [-0.3, -0.25) is 4.98 Å². The van der Waals surface area contributed by atoms with Crippen LogP contribution in [0.25, 0.3) is 106 Å². The fourth-order valence-corrected chi connectivity index (χ4v) is 10.9. The number of pyridine rings is 2. The maximum Gasteiger partial charge on any atom is 0.155 e. The minimum Gasteiger partial charge on any atom is -0.501 e. The zero-order valence-electron chi connectivity index (χ0n) is 46.8. The van der Waals surface area contributed by atoms with Crippen LogP contribution in [0.2, 0.25) is 19.6 Å². The molecule has 12 aromatic rings. The summed E-state index contributed by atoms with van der Waals surface area (Å²) in [6, 6.07) is 73.4. The summed E-state index contributed by atoms with van der Waals surface area (Å²) in [6.07, 6.45) is 3.90. The van der Waals surface area contributed by atoms with E-state index in [1.54, 1.807) is 12.1 Å². The predicted molar refractivity (Wildman–Crippen MR) is 317 cm³/mol.